The van der Waals surface area contributed by atoms with Crippen molar-refractivity contribution >= 4 is 104 Å². The van der Waals surface area contributed by atoms with Gasteiger partial charge in [0.15, 0.2) is 23.0 Å². The third kappa shape index (κ3) is 25.0. The molecule has 0 fully saturated rings. The second kappa shape index (κ2) is 39.2. The number of nitrogens with zero attached hydrogens (tertiary/aromatic N) is 9. The summed E-state index contributed by atoms with van der Waals surface area (Å²) in [7, 11) is 0. The van der Waals surface area contributed by atoms with Gasteiger partial charge in [-0.05, 0) is 154 Å². The molecule has 0 aromatic carbocycles. The normalized spacial score (nSPS) is 11.9. The number of aromatic nitrogens is 6. The number of thiophene rings is 1. The van der Waals surface area contributed by atoms with Crippen molar-refractivity contribution in [2.75, 3.05) is 75.5 Å². The van der Waals surface area contributed by atoms with Gasteiger partial charge in [-0.25, -0.2) is 38.8 Å². The maximum absolute atomic E-state index is 13.3. The maximum Gasteiger partial charge on any atom is 0.412 e. The van der Waals surface area contributed by atoms with Gasteiger partial charge in [-0.15, -0.1) is 11.3 Å². The zero-order valence-electron chi connectivity index (χ0n) is 51.6. The van der Waals surface area contributed by atoms with Gasteiger partial charge in [0.2, 0.25) is 0 Å². The Morgan fingerprint density at radius 3 is 1.43 bits per heavy atom. The van der Waals surface area contributed by atoms with Crippen molar-refractivity contribution in [2.24, 2.45) is 0 Å². The third-order valence-corrected chi connectivity index (χ3v) is 15.2. The molecule has 0 radical (unpaired) electrons. The number of hydrogen-bond acceptors (Lipinski definition) is 19. The minimum absolute atomic E-state index is 0.0155. The molecule has 0 aliphatic rings. The van der Waals surface area contributed by atoms with Crippen LogP contribution in [0.4, 0.5) is 31.8 Å². The van der Waals surface area contributed by atoms with E-state index in [2.05, 4.69) is 112 Å². The van der Waals surface area contributed by atoms with Crippen molar-refractivity contribution in [1.29, 1.82) is 0 Å². The van der Waals surface area contributed by atoms with Crippen molar-refractivity contribution in [1.82, 2.24) is 44.2 Å². The van der Waals surface area contributed by atoms with Crippen LogP contribution in [0.1, 0.15) is 153 Å². The Kier molecular flexibility index (Phi) is 33.5. The summed E-state index contributed by atoms with van der Waals surface area (Å²) in [6.07, 6.45) is 5.90. The maximum atomic E-state index is 13.3. The quantitative estimate of drug-likeness (QED) is 0.0178. The zero-order valence-corrected chi connectivity index (χ0v) is 54.7. The molecule has 0 saturated heterocycles. The number of ketones is 3. The van der Waals surface area contributed by atoms with Gasteiger partial charge in [0.25, 0.3) is 0 Å². The van der Waals surface area contributed by atoms with E-state index in [1.165, 1.54) is 12.1 Å². The first kappa shape index (κ1) is 73.6. The first-order chi connectivity index (χ1) is 41.1. The summed E-state index contributed by atoms with van der Waals surface area (Å²) in [5.74, 6) is 0.761. The molecular weight excluding hydrogens is 1180 g/mol. The molecule has 4 N–H and O–H groups in total. The minimum Gasteiger partial charge on any atom is -0.454 e. The molecule has 0 aliphatic heterocycles. The molecule has 3 atom stereocenters. The minimum atomic E-state index is -0.738. The first-order valence-corrected chi connectivity index (χ1v) is 31.1. The van der Waals surface area contributed by atoms with Gasteiger partial charge in [0.1, 0.15) is 27.8 Å². The molecule has 0 bridgehead atoms. The fraction of sp³-hybridized carbons (Fsp3) is 0.492. The fourth-order valence-electron chi connectivity index (χ4n) is 9.10. The van der Waals surface area contributed by atoms with Crippen molar-refractivity contribution in [3.05, 3.63) is 99.4 Å². The number of halogens is 3. The van der Waals surface area contributed by atoms with Gasteiger partial charge in [0.05, 0.1) is 47.8 Å². The largest absolute Gasteiger partial charge is 0.454 e. The lowest BCUT2D eigenvalue weighted by Gasteiger charge is -2.26. The summed E-state index contributed by atoms with van der Waals surface area (Å²) >= 11 is 18.1. The number of Topliss-reactive ketones (excluding diaryl/α,β-unsaturated/α-hetero) is 3. The Labute approximate surface area is 525 Å². The van der Waals surface area contributed by atoms with Crippen LogP contribution in [0.25, 0.3) is 27.5 Å². The molecule has 2 amide bonds. The van der Waals surface area contributed by atoms with E-state index in [4.69, 9.17) is 55.0 Å². The van der Waals surface area contributed by atoms with E-state index in [9.17, 15) is 28.8 Å². The number of pyridine rings is 3. The van der Waals surface area contributed by atoms with Gasteiger partial charge in [-0.3, -0.25) is 25.0 Å². The fourth-order valence-corrected chi connectivity index (χ4v) is 10.3. The predicted octanol–water partition coefficient (Wildman–Crippen LogP) is 14.2. The van der Waals surface area contributed by atoms with Crippen molar-refractivity contribution in [2.45, 2.75) is 140 Å². The molecule has 470 valence electrons. The van der Waals surface area contributed by atoms with Gasteiger partial charge >= 0.3 is 17.6 Å². The number of ether oxygens (including phenoxy) is 3. The van der Waals surface area contributed by atoms with E-state index in [0.717, 1.165) is 69.1 Å². The highest BCUT2D eigenvalue weighted by atomic mass is 35.5. The molecule has 6 heterocycles. The van der Waals surface area contributed by atoms with Gasteiger partial charge in [-0.2, -0.15) is 5.10 Å². The molecule has 21 nitrogen and oxygen atoms in total. The van der Waals surface area contributed by atoms with Gasteiger partial charge in [0, 0.05) is 71.9 Å². The Morgan fingerprint density at radius 1 is 0.581 bits per heavy atom. The zero-order chi connectivity index (χ0) is 63.9. The van der Waals surface area contributed by atoms with Crippen LogP contribution in [0.3, 0.4) is 0 Å². The number of rotatable bonds is 28. The third-order valence-electron chi connectivity index (χ3n) is 13.8. The Bertz CT molecular complexity index is 3070. The smallest absolute Gasteiger partial charge is 0.412 e. The topological polar surface area (TPSA) is 259 Å². The number of fused-ring (bicyclic) bond motifs is 1. The van der Waals surface area contributed by atoms with Crippen LogP contribution >= 0.6 is 46.1 Å². The number of carbonyl (C=O) groups excluding carboxylic acids is 6. The molecule has 25 heteroatoms. The number of carbonyl (C=O) groups is 6. The van der Waals surface area contributed by atoms with Crippen molar-refractivity contribution < 1.29 is 43.0 Å². The standard InChI is InChI=1S/C27H32N6O3S.C17H26ClN3O3.C14H22ClN3O.C3H5ClO2/c1-5-32(6-2)18(4)10-11-23(34)19-15-22(29-25(16-19)31-27(35)36-7-3)20-17-28-33-13-12-21(30-26(20)33)24-9-8-14-37-24;1-5-21(6-2)12(4)8-9-14(22)13-10-15(18)19-16(11-13)20-17(23)24-7-3;1-4-18(5-2)10(3)6-7-12(19)11-8-13(15)17-14(16)9-11;1-2-6-3(4)5/h8-9,12-18H,5-7,10-11H2,1-4H3,(H,29,31,35);10-12H,5-9H2,1-4H3,(H,19,20,23);8-10H,4-7H2,1-3H3,(H2,16,17);2H2,1H3/t18-;12-;10-;/m000./s1. The second-order valence-corrected chi connectivity index (χ2v) is 21.4. The number of nitrogens with one attached hydrogen (secondary N) is 2. The summed E-state index contributed by atoms with van der Waals surface area (Å²) in [6, 6.07) is 16.5. The lowest BCUT2D eigenvalue weighted by Crippen LogP contribution is -2.33. The molecule has 0 spiro atoms. The molecule has 6 aromatic rings. The molecule has 0 unspecified atom stereocenters. The summed E-state index contributed by atoms with van der Waals surface area (Å²) in [4.78, 5) is 96.2. The van der Waals surface area contributed by atoms with E-state index < -0.39 is 17.6 Å². The molecule has 86 heavy (non-hydrogen) atoms. The monoisotopic (exact) mass is 1270 g/mol. The van der Waals surface area contributed by atoms with E-state index >= 15 is 0 Å². The van der Waals surface area contributed by atoms with Crippen LogP contribution in [0.15, 0.2) is 72.4 Å². The highest BCUT2D eigenvalue weighted by Crippen LogP contribution is 2.29. The molecular formula is C61H85Cl3N12O9S. The summed E-state index contributed by atoms with van der Waals surface area (Å²) in [5.41, 5.74) is 8.90. The highest BCUT2D eigenvalue weighted by molar-refractivity contribution is 7.13. The second-order valence-electron chi connectivity index (χ2n) is 19.4. The summed E-state index contributed by atoms with van der Waals surface area (Å²) < 4.78 is 15.7. The molecule has 6 rings (SSSR count). The predicted molar refractivity (Wildman–Crippen MR) is 344 cm³/mol. The van der Waals surface area contributed by atoms with E-state index in [0.29, 0.717) is 71.5 Å². The number of nitrogen functional groups attached to an aromatic ring is 1. The van der Waals surface area contributed by atoms with Crippen LogP contribution < -0.4 is 16.4 Å². The van der Waals surface area contributed by atoms with E-state index in [1.807, 2.05) is 29.8 Å². The lowest BCUT2D eigenvalue weighted by molar-refractivity contribution is 0.0957. The average molecular weight is 1270 g/mol. The van der Waals surface area contributed by atoms with Crippen LogP contribution in [0.5, 0.6) is 0 Å². The van der Waals surface area contributed by atoms with Crippen LogP contribution in [-0.2, 0) is 14.2 Å². The van der Waals surface area contributed by atoms with Crippen LogP contribution in [0.2, 0.25) is 10.3 Å². The highest BCUT2D eigenvalue weighted by Gasteiger charge is 2.21. The van der Waals surface area contributed by atoms with Crippen molar-refractivity contribution in [3.63, 3.8) is 0 Å². The number of anilines is 3. The molecule has 0 saturated carbocycles. The molecule has 0 aliphatic carbocycles. The van der Waals surface area contributed by atoms with Crippen LogP contribution in [-0.4, -0.2) is 156 Å². The summed E-state index contributed by atoms with van der Waals surface area (Å²) in [5, 5.41) is 12.0. The Morgan fingerprint density at radius 2 is 1.02 bits per heavy atom. The van der Waals surface area contributed by atoms with Crippen molar-refractivity contribution in [3.8, 4) is 21.8 Å². The SMILES string of the molecule is CCN(CC)[C@@H](C)CCC(=O)c1cc(N)nc(Cl)c1.CCOC(=O)Cl.CCOC(=O)Nc1cc(C(=O)CC[C@H](C)N(CC)CC)cc(-c2cnn3ccc(-c4cccs4)nc23)n1.CCOC(=O)Nc1cc(C(=O)CC[C@H](C)N(CC)CC)cc(Cl)n1. The Balaban J connectivity index is 0.000000341. The van der Waals surface area contributed by atoms with Gasteiger partial charge in [-0.1, -0.05) is 70.8 Å². The number of hydrogen-bond donors (Lipinski definition) is 3. The van der Waals surface area contributed by atoms with Gasteiger partial charge < -0.3 is 34.6 Å². The number of nitrogens with two attached hydrogens (primary N) is 1. The summed E-state index contributed by atoms with van der Waals surface area (Å²) in [6.45, 7) is 30.9. The lowest BCUT2D eigenvalue weighted by atomic mass is 10.0. The van der Waals surface area contributed by atoms with E-state index in [-0.39, 0.29) is 64.4 Å². The molecule has 6 aromatic heterocycles. The van der Waals surface area contributed by atoms with Crippen LogP contribution in [0, 0.1) is 0 Å². The van der Waals surface area contributed by atoms with E-state index in [1.54, 1.807) is 67.1 Å². The first-order valence-electron chi connectivity index (χ1n) is 29.1. The average Bonchev–Trinajstić information content (AvgIpc) is 3.51. The number of amides is 2. The Hall–Kier alpha value is -6.66.